The van der Waals surface area contributed by atoms with Gasteiger partial charge in [0.15, 0.2) is 11.5 Å². The highest BCUT2D eigenvalue weighted by Crippen LogP contribution is 2.42. The maximum absolute atomic E-state index is 13.2. The van der Waals surface area contributed by atoms with Gasteiger partial charge in [-0.15, -0.1) is 0 Å². The lowest BCUT2D eigenvalue weighted by molar-refractivity contribution is -0.124. The summed E-state index contributed by atoms with van der Waals surface area (Å²) >= 11 is 6.26. The molecular formula is C24H29ClN2O4. The molecule has 166 valence electrons. The van der Waals surface area contributed by atoms with Crippen LogP contribution in [0, 0.1) is 5.92 Å². The van der Waals surface area contributed by atoms with Crippen LogP contribution in [0.3, 0.4) is 0 Å². The number of carbonyl (C=O) groups excluding carboxylic acids is 2. The van der Waals surface area contributed by atoms with E-state index in [9.17, 15) is 9.59 Å². The molecule has 1 heterocycles. The van der Waals surface area contributed by atoms with Gasteiger partial charge < -0.3 is 19.7 Å². The Morgan fingerprint density at radius 3 is 2.55 bits per heavy atom. The Labute approximate surface area is 188 Å². The van der Waals surface area contributed by atoms with Gasteiger partial charge in [0.25, 0.3) is 5.91 Å². The van der Waals surface area contributed by atoms with Crippen molar-refractivity contribution in [3.05, 3.63) is 58.6 Å². The zero-order valence-electron chi connectivity index (χ0n) is 18.2. The Morgan fingerprint density at radius 2 is 1.87 bits per heavy atom. The number of hydrogen-bond donors (Lipinski definition) is 1. The fourth-order valence-electron chi connectivity index (χ4n) is 4.08. The SMILES string of the molecule is CCCCNC(=O)[C@@H]1CN(C(=O)c2ccccc2Cl)C[C@@H]1c1cccc(OC)c1OC. The fourth-order valence-corrected chi connectivity index (χ4v) is 4.30. The van der Waals surface area contributed by atoms with Crippen LogP contribution in [0.25, 0.3) is 0 Å². The zero-order valence-corrected chi connectivity index (χ0v) is 18.9. The first-order valence-electron chi connectivity index (χ1n) is 10.5. The summed E-state index contributed by atoms with van der Waals surface area (Å²) in [5.74, 6) is 0.330. The molecular weight excluding hydrogens is 416 g/mol. The lowest BCUT2D eigenvalue weighted by Crippen LogP contribution is -2.36. The number of ether oxygens (including phenoxy) is 2. The molecule has 1 aliphatic rings. The van der Waals surface area contributed by atoms with Crippen LogP contribution in [0.1, 0.15) is 41.6 Å². The molecule has 0 spiro atoms. The number of likely N-dealkylation sites (tertiary alicyclic amines) is 1. The number of rotatable bonds is 8. The molecule has 0 saturated carbocycles. The van der Waals surface area contributed by atoms with Gasteiger partial charge in [-0.2, -0.15) is 0 Å². The van der Waals surface area contributed by atoms with Crippen molar-refractivity contribution in [2.45, 2.75) is 25.7 Å². The summed E-state index contributed by atoms with van der Waals surface area (Å²) in [7, 11) is 3.16. The van der Waals surface area contributed by atoms with Gasteiger partial charge >= 0.3 is 0 Å². The number of unbranched alkanes of at least 4 members (excludes halogenated alkanes) is 1. The van der Waals surface area contributed by atoms with Gasteiger partial charge in [-0.3, -0.25) is 9.59 Å². The lowest BCUT2D eigenvalue weighted by Gasteiger charge is -2.21. The zero-order chi connectivity index (χ0) is 22.4. The maximum Gasteiger partial charge on any atom is 0.255 e. The van der Waals surface area contributed by atoms with E-state index in [1.54, 1.807) is 43.4 Å². The molecule has 1 aliphatic heterocycles. The normalized spacial score (nSPS) is 18.0. The minimum atomic E-state index is -0.399. The first-order chi connectivity index (χ1) is 15.0. The summed E-state index contributed by atoms with van der Waals surface area (Å²) in [6, 6.07) is 12.6. The second-order valence-electron chi connectivity index (χ2n) is 7.63. The van der Waals surface area contributed by atoms with E-state index in [-0.39, 0.29) is 17.7 Å². The number of nitrogens with one attached hydrogen (secondary N) is 1. The van der Waals surface area contributed by atoms with E-state index in [1.807, 2.05) is 18.2 Å². The van der Waals surface area contributed by atoms with Crippen LogP contribution in [0.5, 0.6) is 11.5 Å². The third-order valence-electron chi connectivity index (χ3n) is 5.71. The van der Waals surface area contributed by atoms with Gasteiger partial charge in [0.1, 0.15) is 0 Å². The average molecular weight is 445 g/mol. The molecule has 7 heteroatoms. The molecule has 31 heavy (non-hydrogen) atoms. The first kappa shape index (κ1) is 22.9. The highest BCUT2D eigenvalue weighted by Gasteiger charge is 2.42. The van der Waals surface area contributed by atoms with Crippen LogP contribution in [0.4, 0.5) is 0 Å². The highest BCUT2D eigenvalue weighted by atomic mass is 35.5. The number of nitrogens with zero attached hydrogens (tertiary/aromatic N) is 1. The third-order valence-corrected chi connectivity index (χ3v) is 6.04. The predicted octanol–water partition coefficient (Wildman–Crippen LogP) is 4.13. The van der Waals surface area contributed by atoms with Crippen molar-refractivity contribution < 1.29 is 19.1 Å². The molecule has 6 nitrogen and oxygen atoms in total. The van der Waals surface area contributed by atoms with Crippen LogP contribution in [-0.2, 0) is 4.79 Å². The molecule has 2 amide bonds. The molecule has 1 saturated heterocycles. The van der Waals surface area contributed by atoms with Crippen LogP contribution in [0.15, 0.2) is 42.5 Å². The molecule has 2 aromatic carbocycles. The summed E-state index contributed by atoms with van der Waals surface area (Å²) in [6.07, 6.45) is 1.91. The summed E-state index contributed by atoms with van der Waals surface area (Å²) in [5, 5.41) is 3.43. The summed E-state index contributed by atoms with van der Waals surface area (Å²) in [4.78, 5) is 28.0. The molecule has 0 unspecified atom stereocenters. The van der Waals surface area contributed by atoms with Crippen LogP contribution in [0.2, 0.25) is 5.02 Å². The number of hydrogen-bond acceptors (Lipinski definition) is 4. The number of halogens is 1. The van der Waals surface area contributed by atoms with Crippen molar-refractivity contribution in [2.24, 2.45) is 5.92 Å². The van der Waals surface area contributed by atoms with Gasteiger partial charge in [-0.25, -0.2) is 0 Å². The molecule has 0 aromatic heterocycles. The Balaban J connectivity index is 1.94. The van der Waals surface area contributed by atoms with Gasteiger partial charge in [0.2, 0.25) is 5.91 Å². The third kappa shape index (κ3) is 4.96. The van der Waals surface area contributed by atoms with Crippen LogP contribution >= 0.6 is 11.6 Å². The monoisotopic (exact) mass is 444 g/mol. The van der Waals surface area contributed by atoms with E-state index in [1.165, 1.54) is 0 Å². The van der Waals surface area contributed by atoms with E-state index in [0.717, 1.165) is 18.4 Å². The standard InChI is InChI=1S/C24H29ClN2O4/c1-4-5-13-26-23(28)19-15-27(24(29)17-9-6-7-11-20(17)25)14-18(19)16-10-8-12-21(30-2)22(16)31-3/h6-12,18-19H,4-5,13-15H2,1-3H3,(H,26,28)/t18-,19-/m1/s1. The van der Waals surface area contributed by atoms with E-state index < -0.39 is 5.92 Å². The number of methoxy groups -OCH3 is 2. The number of amides is 2. The molecule has 0 bridgehead atoms. The van der Waals surface area contributed by atoms with Crippen molar-refractivity contribution in [1.29, 1.82) is 0 Å². The smallest absolute Gasteiger partial charge is 0.255 e. The quantitative estimate of drug-likeness (QED) is 0.621. The minimum Gasteiger partial charge on any atom is -0.493 e. The predicted molar refractivity (Wildman–Crippen MR) is 121 cm³/mol. The molecule has 2 atom stereocenters. The highest BCUT2D eigenvalue weighted by molar-refractivity contribution is 6.33. The van der Waals surface area contributed by atoms with Crippen molar-refractivity contribution >= 4 is 23.4 Å². The van der Waals surface area contributed by atoms with Crippen LogP contribution in [-0.4, -0.2) is 50.6 Å². The van der Waals surface area contributed by atoms with Gasteiger partial charge in [0, 0.05) is 31.1 Å². The van der Waals surface area contributed by atoms with Crippen molar-refractivity contribution in [2.75, 3.05) is 33.9 Å². The van der Waals surface area contributed by atoms with Crippen molar-refractivity contribution in [3.8, 4) is 11.5 Å². The lowest BCUT2D eigenvalue weighted by atomic mass is 9.87. The molecule has 0 radical (unpaired) electrons. The van der Waals surface area contributed by atoms with E-state index in [2.05, 4.69) is 12.2 Å². The topological polar surface area (TPSA) is 67.9 Å². The van der Waals surface area contributed by atoms with E-state index in [4.69, 9.17) is 21.1 Å². The van der Waals surface area contributed by atoms with E-state index in [0.29, 0.717) is 41.7 Å². The maximum atomic E-state index is 13.2. The average Bonchev–Trinajstić information content (AvgIpc) is 3.24. The second-order valence-corrected chi connectivity index (χ2v) is 8.04. The molecule has 0 aliphatic carbocycles. The van der Waals surface area contributed by atoms with Gasteiger partial charge in [-0.1, -0.05) is 49.2 Å². The first-order valence-corrected chi connectivity index (χ1v) is 10.9. The Morgan fingerprint density at radius 1 is 1.10 bits per heavy atom. The summed E-state index contributed by atoms with van der Waals surface area (Å²) in [6.45, 7) is 3.40. The van der Waals surface area contributed by atoms with E-state index >= 15 is 0 Å². The van der Waals surface area contributed by atoms with Crippen molar-refractivity contribution in [1.82, 2.24) is 10.2 Å². The van der Waals surface area contributed by atoms with Crippen molar-refractivity contribution in [3.63, 3.8) is 0 Å². The summed E-state index contributed by atoms with van der Waals surface area (Å²) < 4.78 is 11.1. The molecule has 3 rings (SSSR count). The summed E-state index contributed by atoms with van der Waals surface area (Å²) in [5.41, 5.74) is 1.29. The second kappa shape index (κ2) is 10.5. The number of carbonyl (C=O) groups is 2. The Hall–Kier alpha value is -2.73. The van der Waals surface area contributed by atoms with Crippen LogP contribution < -0.4 is 14.8 Å². The molecule has 1 N–H and O–H groups in total. The molecule has 2 aromatic rings. The molecule has 1 fully saturated rings. The Bertz CT molecular complexity index is 934. The minimum absolute atomic E-state index is 0.0576. The van der Waals surface area contributed by atoms with Gasteiger partial charge in [-0.05, 0) is 24.6 Å². The number of benzene rings is 2. The fraction of sp³-hybridized carbons (Fsp3) is 0.417. The Kier molecular flexibility index (Phi) is 7.80. The number of para-hydroxylation sites is 1. The largest absolute Gasteiger partial charge is 0.493 e. The van der Waals surface area contributed by atoms with Gasteiger partial charge in [0.05, 0.1) is 30.7 Å².